The molecule has 1 aliphatic rings. The number of hydrogen-bond acceptors (Lipinski definition) is 5. The van der Waals surface area contributed by atoms with Crippen LogP contribution < -0.4 is 5.32 Å². The van der Waals surface area contributed by atoms with Crippen LogP contribution in [-0.2, 0) is 4.79 Å². The van der Waals surface area contributed by atoms with Crippen LogP contribution >= 0.6 is 0 Å². The van der Waals surface area contributed by atoms with Crippen molar-refractivity contribution < 1.29 is 9.90 Å². The summed E-state index contributed by atoms with van der Waals surface area (Å²) in [6.07, 6.45) is 6.29. The molecule has 1 atom stereocenters. The molecule has 7 heteroatoms. The number of carbonyl (C=O) groups is 1. The van der Waals surface area contributed by atoms with Gasteiger partial charge in [0.05, 0.1) is 0 Å². The smallest absolute Gasteiger partial charge is 0.352 e. The van der Waals surface area contributed by atoms with Gasteiger partial charge >= 0.3 is 5.97 Å². The molecule has 2 aromatic rings. The fourth-order valence-electron chi connectivity index (χ4n) is 1.86. The molecule has 18 heavy (non-hydrogen) atoms. The summed E-state index contributed by atoms with van der Waals surface area (Å²) in [5.41, 5.74) is 0.995. The van der Waals surface area contributed by atoms with E-state index in [0.29, 0.717) is 5.95 Å². The molecule has 0 spiro atoms. The zero-order valence-corrected chi connectivity index (χ0v) is 9.19. The third-order valence-corrected chi connectivity index (χ3v) is 2.69. The maximum absolute atomic E-state index is 11.1. The van der Waals surface area contributed by atoms with Crippen molar-refractivity contribution in [1.82, 2.24) is 19.7 Å². The SMILES string of the molecule is O=C(O)C1=CC(c2ccncc2)n2ncnc2N1. The predicted molar refractivity (Wildman–Crippen MR) is 61.7 cm³/mol. The van der Waals surface area contributed by atoms with Crippen LogP contribution in [-0.4, -0.2) is 30.8 Å². The second kappa shape index (κ2) is 3.95. The Morgan fingerprint density at radius 3 is 2.89 bits per heavy atom. The standard InChI is InChI=1S/C11H9N5O2/c17-10(18)8-5-9(7-1-3-12-4-2-7)16-11(15-8)13-6-14-16/h1-6,9H,(H,17,18)(H,13,14,15). The van der Waals surface area contributed by atoms with Crippen LogP contribution in [0.15, 0.2) is 42.6 Å². The third-order valence-electron chi connectivity index (χ3n) is 2.69. The van der Waals surface area contributed by atoms with E-state index in [1.165, 1.54) is 6.33 Å². The van der Waals surface area contributed by atoms with Crippen LogP contribution in [0.1, 0.15) is 11.6 Å². The lowest BCUT2D eigenvalue weighted by Crippen LogP contribution is -2.24. The number of anilines is 1. The van der Waals surface area contributed by atoms with E-state index < -0.39 is 5.97 Å². The number of fused-ring (bicyclic) bond motifs is 1. The number of carboxylic acid groups (broad SMARTS) is 1. The number of pyridine rings is 1. The van der Waals surface area contributed by atoms with Gasteiger partial charge in [-0.3, -0.25) is 4.98 Å². The van der Waals surface area contributed by atoms with Crippen molar-refractivity contribution in [2.24, 2.45) is 0 Å². The number of rotatable bonds is 2. The van der Waals surface area contributed by atoms with E-state index >= 15 is 0 Å². The van der Waals surface area contributed by atoms with E-state index in [2.05, 4.69) is 20.4 Å². The van der Waals surface area contributed by atoms with E-state index in [1.54, 1.807) is 23.2 Å². The summed E-state index contributed by atoms with van der Waals surface area (Å²) in [5.74, 6) is -0.611. The molecule has 2 N–H and O–H groups in total. The molecule has 0 bridgehead atoms. The molecule has 2 aromatic heterocycles. The highest BCUT2D eigenvalue weighted by Gasteiger charge is 2.25. The Morgan fingerprint density at radius 2 is 2.17 bits per heavy atom. The molecular formula is C11H9N5O2. The first-order valence-corrected chi connectivity index (χ1v) is 5.27. The third kappa shape index (κ3) is 1.61. The minimum Gasteiger partial charge on any atom is -0.477 e. The summed E-state index contributed by atoms with van der Waals surface area (Å²) < 4.78 is 1.63. The van der Waals surface area contributed by atoms with Gasteiger partial charge in [0.15, 0.2) is 0 Å². The summed E-state index contributed by atoms with van der Waals surface area (Å²) in [6, 6.07) is 3.34. The number of nitrogens with zero attached hydrogens (tertiary/aromatic N) is 4. The Balaban J connectivity index is 2.10. The Morgan fingerprint density at radius 1 is 1.39 bits per heavy atom. The van der Waals surface area contributed by atoms with Gasteiger partial charge in [-0.1, -0.05) is 0 Å². The lowest BCUT2D eigenvalue weighted by molar-refractivity contribution is -0.132. The largest absolute Gasteiger partial charge is 0.477 e. The van der Waals surface area contributed by atoms with Crippen molar-refractivity contribution in [3.05, 3.63) is 48.2 Å². The zero-order valence-electron chi connectivity index (χ0n) is 9.19. The first-order valence-electron chi connectivity index (χ1n) is 5.27. The van der Waals surface area contributed by atoms with Crippen LogP contribution in [0.5, 0.6) is 0 Å². The second-order valence-electron chi connectivity index (χ2n) is 3.76. The van der Waals surface area contributed by atoms with E-state index in [9.17, 15) is 4.79 Å². The quantitative estimate of drug-likeness (QED) is 0.804. The minimum absolute atomic E-state index is 0.0947. The fraction of sp³-hybridized carbons (Fsp3) is 0.0909. The van der Waals surface area contributed by atoms with Gasteiger partial charge in [-0.25, -0.2) is 9.48 Å². The van der Waals surface area contributed by atoms with Gasteiger partial charge in [0, 0.05) is 12.4 Å². The molecule has 0 radical (unpaired) electrons. The molecule has 0 aromatic carbocycles. The Bertz CT molecular complexity index is 619. The number of allylic oxidation sites excluding steroid dienone is 1. The minimum atomic E-state index is -1.02. The number of carboxylic acids is 1. The van der Waals surface area contributed by atoms with Gasteiger partial charge < -0.3 is 10.4 Å². The molecule has 0 fully saturated rings. The summed E-state index contributed by atoms with van der Waals surface area (Å²) >= 11 is 0. The predicted octanol–water partition coefficient (Wildman–Crippen LogP) is 0.656. The topological polar surface area (TPSA) is 92.9 Å². The maximum Gasteiger partial charge on any atom is 0.352 e. The maximum atomic E-state index is 11.1. The average Bonchev–Trinajstić information content (AvgIpc) is 2.86. The summed E-state index contributed by atoms with van der Waals surface area (Å²) in [6.45, 7) is 0. The summed E-state index contributed by atoms with van der Waals surface area (Å²) in [7, 11) is 0. The van der Waals surface area contributed by atoms with Crippen LogP contribution in [0, 0.1) is 0 Å². The lowest BCUT2D eigenvalue weighted by Gasteiger charge is -2.22. The average molecular weight is 243 g/mol. The molecule has 90 valence electrons. The number of nitrogens with one attached hydrogen (secondary N) is 1. The highest BCUT2D eigenvalue weighted by molar-refractivity contribution is 5.90. The van der Waals surface area contributed by atoms with E-state index in [-0.39, 0.29) is 11.7 Å². The Hall–Kier alpha value is -2.70. The first-order chi connectivity index (χ1) is 8.75. The van der Waals surface area contributed by atoms with Crippen LogP contribution in [0.4, 0.5) is 5.95 Å². The molecular weight excluding hydrogens is 234 g/mol. The number of aliphatic carboxylic acids is 1. The van der Waals surface area contributed by atoms with Crippen molar-refractivity contribution >= 4 is 11.9 Å². The number of hydrogen-bond donors (Lipinski definition) is 2. The molecule has 3 heterocycles. The normalized spacial score (nSPS) is 17.6. The highest BCUT2D eigenvalue weighted by atomic mass is 16.4. The lowest BCUT2D eigenvalue weighted by atomic mass is 10.1. The zero-order chi connectivity index (χ0) is 12.5. The molecule has 0 amide bonds. The van der Waals surface area contributed by atoms with Crippen LogP contribution in [0.3, 0.4) is 0 Å². The van der Waals surface area contributed by atoms with Gasteiger partial charge in [-0.15, -0.1) is 0 Å². The molecule has 1 unspecified atom stereocenters. The van der Waals surface area contributed by atoms with Crippen molar-refractivity contribution in [1.29, 1.82) is 0 Å². The highest BCUT2D eigenvalue weighted by Crippen LogP contribution is 2.27. The van der Waals surface area contributed by atoms with Gasteiger partial charge in [0.25, 0.3) is 0 Å². The molecule has 3 rings (SSSR count). The summed E-state index contributed by atoms with van der Waals surface area (Å²) in [5, 5.41) is 15.9. The van der Waals surface area contributed by atoms with Gasteiger partial charge in [0.2, 0.25) is 5.95 Å². The molecule has 0 aliphatic carbocycles. The van der Waals surface area contributed by atoms with Gasteiger partial charge in [0.1, 0.15) is 18.1 Å². The van der Waals surface area contributed by atoms with Gasteiger partial charge in [-0.2, -0.15) is 10.1 Å². The fourth-order valence-corrected chi connectivity index (χ4v) is 1.86. The van der Waals surface area contributed by atoms with E-state index in [4.69, 9.17) is 5.11 Å². The first kappa shape index (κ1) is 10.5. The molecule has 0 saturated carbocycles. The van der Waals surface area contributed by atoms with E-state index in [0.717, 1.165) is 5.56 Å². The van der Waals surface area contributed by atoms with Crippen molar-refractivity contribution in [3.63, 3.8) is 0 Å². The number of aromatic nitrogens is 4. The summed E-state index contributed by atoms with van der Waals surface area (Å²) in [4.78, 5) is 19.0. The Kier molecular flexibility index (Phi) is 2.30. The van der Waals surface area contributed by atoms with Crippen molar-refractivity contribution in [2.75, 3.05) is 5.32 Å². The molecule has 1 aliphatic heterocycles. The van der Waals surface area contributed by atoms with Crippen molar-refractivity contribution in [2.45, 2.75) is 6.04 Å². The van der Waals surface area contributed by atoms with Crippen LogP contribution in [0.2, 0.25) is 0 Å². The van der Waals surface area contributed by atoms with Gasteiger partial charge in [-0.05, 0) is 23.8 Å². The molecule has 0 saturated heterocycles. The Labute approximate surface area is 102 Å². The molecule has 7 nitrogen and oxygen atoms in total. The van der Waals surface area contributed by atoms with Crippen molar-refractivity contribution in [3.8, 4) is 0 Å². The van der Waals surface area contributed by atoms with Crippen LogP contribution in [0.25, 0.3) is 0 Å². The monoisotopic (exact) mass is 243 g/mol. The van der Waals surface area contributed by atoms with E-state index in [1.807, 2.05) is 12.1 Å². The second-order valence-corrected chi connectivity index (χ2v) is 3.76.